The Hall–Kier alpha value is -1.64. The van der Waals surface area contributed by atoms with Crippen molar-refractivity contribution in [2.24, 2.45) is 0 Å². The summed E-state index contributed by atoms with van der Waals surface area (Å²) in [5, 5.41) is 0. The monoisotopic (exact) mass is 219 g/mol. The lowest BCUT2D eigenvalue weighted by Gasteiger charge is -2.09. The summed E-state index contributed by atoms with van der Waals surface area (Å²) in [5.74, 6) is -0.379. The van der Waals surface area contributed by atoms with Crippen molar-refractivity contribution in [3.05, 3.63) is 35.7 Å². The number of aromatic nitrogens is 1. The Morgan fingerprint density at radius 1 is 1.44 bits per heavy atom. The third kappa shape index (κ3) is 2.69. The topological polar surface area (TPSA) is 39.2 Å². The molecule has 1 rings (SSSR count). The SMILES string of the molecule is C=C(C)c1ccc(CC)nc1C(=O)OCC. The van der Waals surface area contributed by atoms with Crippen LogP contribution in [0.1, 0.15) is 42.5 Å². The number of ether oxygens (including phenoxy) is 1. The molecule has 1 heterocycles. The van der Waals surface area contributed by atoms with Crippen molar-refractivity contribution in [3.8, 4) is 0 Å². The molecule has 0 fully saturated rings. The molecular weight excluding hydrogens is 202 g/mol. The van der Waals surface area contributed by atoms with Crippen LogP contribution in [0.4, 0.5) is 0 Å². The van der Waals surface area contributed by atoms with Crippen LogP contribution < -0.4 is 0 Å². The van der Waals surface area contributed by atoms with Gasteiger partial charge in [-0.15, -0.1) is 0 Å². The fourth-order valence-electron chi connectivity index (χ4n) is 1.40. The van der Waals surface area contributed by atoms with E-state index in [0.717, 1.165) is 23.3 Å². The fraction of sp³-hybridized carbons (Fsp3) is 0.385. The molecule has 0 bridgehead atoms. The Morgan fingerprint density at radius 2 is 2.12 bits per heavy atom. The molecule has 0 amide bonds. The third-order valence-corrected chi connectivity index (χ3v) is 2.24. The highest BCUT2D eigenvalue weighted by molar-refractivity contribution is 5.93. The Morgan fingerprint density at radius 3 is 2.62 bits per heavy atom. The standard InChI is InChI=1S/C13H17NO2/c1-5-10-7-8-11(9(3)4)12(14-10)13(15)16-6-2/h7-8H,3,5-6H2,1-2,4H3. The van der Waals surface area contributed by atoms with Gasteiger partial charge in [0.15, 0.2) is 5.69 Å². The van der Waals surface area contributed by atoms with E-state index in [-0.39, 0.29) is 5.97 Å². The lowest BCUT2D eigenvalue weighted by molar-refractivity contribution is 0.0519. The number of pyridine rings is 1. The quantitative estimate of drug-likeness (QED) is 0.731. The minimum Gasteiger partial charge on any atom is -0.461 e. The van der Waals surface area contributed by atoms with Gasteiger partial charge in [-0.1, -0.05) is 19.6 Å². The average molecular weight is 219 g/mol. The van der Waals surface area contributed by atoms with Gasteiger partial charge in [-0.25, -0.2) is 9.78 Å². The van der Waals surface area contributed by atoms with Gasteiger partial charge in [0, 0.05) is 11.3 Å². The first-order valence-electron chi connectivity index (χ1n) is 5.43. The van der Waals surface area contributed by atoms with Gasteiger partial charge in [0.25, 0.3) is 0 Å². The average Bonchev–Trinajstić information content (AvgIpc) is 2.28. The number of hydrogen-bond acceptors (Lipinski definition) is 3. The molecule has 0 aromatic carbocycles. The molecule has 0 spiro atoms. The summed E-state index contributed by atoms with van der Waals surface area (Å²) in [6.45, 7) is 9.82. The second-order valence-electron chi connectivity index (χ2n) is 3.55. The first-order chi connectivity index (χ1) is 7.60. The van der Waals surface area contributed by atoms with Gasteiger partial charge in [-0.3, -0.25) is 0 Å². The van der Waals surface area contributed by atoms with Gasteiger partial charge >= 0.3 is 5.97 Å². The van der Waals surface area contributed by atoms with Crippen LogP contribution in [0.15, 0.2) is 18.7 Å². The maximum Gasteiger partial charge on any atom is 0.357 e. The Bertz CT molecular complexity index is 410. The molecule has 0 saturated carbocycles. The lowest BCUT2D eigenvalue weighted by atomic mass is 10.1. The maximum atomic E-state index is 11.7. The number of rotatable bonds is 4. The van der Waals surface area contributed by atoms with Gasteiger partial charge in [-0.2, -0.15) is 0 Å². The van der Waals surface area contributed by atoms with Gasteiger partial charge in [0.1, 0.15) is 0 Å². The molecule has 3 heteroatoms. The second-order valence-corrected chi connectivity index (χ2v) is 3.55. The molecule has 1 aromatic rings. The lowest BCUT2D eigenvalue weighted by Crippen LogP contribution is -2.11. The smallest absolute Gasteiger partial charge is 0.357 e. The van der Waals surface area contributed by atoms with Crippen molar-refractivity contribution < 1.29 is 9.53 Å². The highest BCUT2D eigenvalue weighted by Crippen LogP contribution is 2.17. The van der Waals surface area contributed by atoms with Gasteiger partial charge in [-0.05, 0) is 31.9 Å². The molecule has 3 nitrogen and oxygen atoms in total. The van der Waals surface area contributed by atoms with Crippen molar-refractivity contribution in [1.29, 1.82) is 0 Å². The van der Waals surface area contributed by atoms with Crippen molar-refractivity contribution in [3.63, 3.8) is 0 Å². The van der Waals surface area contributed by atoms with Crippen LogP contribution in [0.2, 0.25) is 0 Å². The van der Waals surface area contributed by atoms with E-state index >= 15 is 0 Å². The van der Waals surface area contributed by atoms with Crippen LogP contribution in [0.25, 0.3) is 5.57 Å². The van der Waals surface area contributed by atoms with E-state index in [1.165, 1.54) is 0 Å². The van der Waals surface area contributed by atoms with Gasteiger partial charge < -0.3 is 4.74 Å². The number of hydrogen-bond donors (Lipinski definition) is 0. The number of aryl methyl sites for hydroxylation is 1. The maximum absolute atomic E-state index is 11.7. The predicted octanol–water partition coefficient (Wildman–Crippen LogP) is 2.85. The molecule has 1 aromatic heterocycles. The van der Waals surface area contributed by atoms with Crippen molar-refractivity contribution in [1.82, 2.24) is 4.98 Å². The van der Waals surface area contributed by atoms with Crippen LogP contribution in [0, 0.1) is 0 Å². The van der Waals surface area contributed by atoms with Crippen molar-refractivity contribution >= 4 is 11.5 Å². The molecule has 0 atom stereocenters. The summed E-state index contributed by atoms with van der Waals surface area (Å²) < 4.78 is 4.98. The highest BCUT2D eigenvalue weighted by Gasteiger charge is 2.15. The molecule has 0 aliphatic rings. The summed E-state index contributed by atoms with van der Waals surface area (Å²) in [7, 11) is 0. The van der Waals surface area contributed by atoms with E-state index in [1.54, 1.807) is 6.92 Å². The van der Waals surface area contributed by atoms with Crippen LogP contribution >= 0.6 is 0 Å². The third-order valence-electron chi connectivity index (χ3n) is 2.24. The first kappa shape index (κ1) is 12.4. The number of carbonyl (C=O) groups excluding carboxylic acids is 1. The van der Waals surface area contributed by atoms with Crippen molar-refractivity contribution in [2.45, 2.75) is 27.2 Å². The number of nitrogens with zero attached hydrogens (tertiary/aromatic N) is 1. The number of allylic oxidation sites excluding steroid dienone is 1. The van der Waals surface area contributed by atoms with E-state index < -0.39 is 0 Å². The van der Waals surface area contributed by atoms with Crippen LogP contribution in [0.5, 0.6) is 0 Å². The summed E-state index contributed by atoms with van der Waals surface area (Å²) in [6.07, 6.45) is 0.795. The van der Waals surface area contributed by atoms with Crippen LogP contribution in [-0.2, 0) is 11.2 Å². The normalized spacial score (nSPS) is 9.94. The molecule has 0 aliphatic heterocycles. The number of carbonyl (C=O) groups is 1. The van der Waals surface area contributed by atoms with Crippen LogP contribution in [0.3, 0.4) is 0 Å². The largest absolute Gasteiger partial charge is 0.461 e. The molecule has 16 heavy (non-hydrogen) atoms. The summed E-state index contributed by atoms with van der Waals surface area (Å²) in [5.41, 5.74) is 2.83. The second kappa shape index (κ2) is 5.45. The molecule has 86 valence electrons. The molecule has 0 aliphatic carbocycles. The highest BCUT2D eigenvalue weighted by atomic mass is 16.5. The van der Waals surface area contributed by atoms with Crippen molar-refractivity contribution in [2.75, 3.05) is 6.61 Å². The fourth-order valence-corrected chi connectivity index (χ4v) is 1.40. The van der Waals surface area contributed by atoms with E-state index in [9.17, 15) is 4.79 Å². The van der Waals surface area contributed by atoms with E-state index in [1.807, 2.05) is 26.0 Å². The number of esters is 1. The molecule has 0 saturated heterocycles. The summed E-state index contributed by atoms with van der Waals surface area (Å²) in [6, 6.07) is 3.78. The van der Waals surface area contributed by atoms with E-state index in [2.05, 4.69) is 11.6 Å². The minimum atomic E-state index is -0.379. The molecular formula is C13H17NO2. The zero-order valence-corrected chi connectivity index (χ0v) is 10.0. The zero-order valence-electron chi connectivity index (χ0n) is 10.0. The Labute approximate surface area is 96.2 Å². The molecule has 0 radical (unpaired) electrons. The van der Waals surface area contributed by atoms with E-state index in [4.69, 9.17) is 4.74 Å². The summed E-state index contributed by atoms with van der Waals surface area (Å²) in [4.78, 5) is 16.0. The van der Waals surface area contributed by atoms with Gasteiger partial charge in [0.05, 0.1) is 6.61 Å². The Kier molecular flexibility index (Phi) is 4.23. The van der Waals surface area contributed by atoms with Crippen LogP contribution in [-0.4, -0.2) is 17.6 Å². The minimum absolute atomic E-state index is 0.354. The summed E-state index contributed by atoms with van der Waals surface area (Å²) >= 11 is 0. The predicted molar refractivity (Wildman–Crippen MR) is 64.3 cm³/mol. The van der Waals surface area contributed by atoms with Gasteiger partial charge in [0.2, 0.25) is 0 Å². The first-order valence-corrected chi connectivity index (χ1v) is 5.43. The molecule has 0 unspecified atom stereocenters. The van der Waals surface area contributed by atoms with E-state index in [0.29, 0.717) is 12.3 Å². The molecule has 0 N–H and O–H groups in total. The Balaban J connectivity index is 3.20. The zero-order chi connectivity index (χ0) is 12.1.